The Labute approximate surface area is 172 Å². The molecular weight excluding hydrogens is 385 g/mol. The van der Waals surface area contributed by atoms with E-state index in [1.807, 2.05) is 27.8 Å². The predicted molar refractivity (Wildman–Crippen MR) is 111 cm³/mol. The normalized spacial score (nSPS) is 15.4. The zero-order valence-electron chi connectivity index (χ0n) is 17.3. The van der Waals surface area contributed by atoms with E-state index in [0.717, 1.165) is 17.0 Å². The van der Waals surface area contributed by atoms with E-state index in [2.05, 4.69) is 20.1 Å². The lowest BCUT2D eigenvalue weighted by Gasteiger charge is -2.38. The van der Waals surface area contributed by atoms with Crippen LogP contribution in [0.5, 0.6) is 5.75 Å². The summed E-state index contributed by atoms with van der Waals surface area (Å²) in [6, 6.07) is 5.27. The van der Waals surface area contributed by atoms with Crippen molar-refractivity contribution in [2.45, 2.75) is 26.4 Å². The average Bonchev–Trinajstić information content (AvgIpc) is 3.26. The van der Waals surface area contributed by atoms with Crippen molar-refractivity contribution in [3.05, 3.63) is 47.9 Å². The summed E-state index contributed by atoms with van der Waals surface area (Å²) in [5.74, 6) is 0.248. The summed E-state index contributed by atoms with van der Waals surface area (Å²) >= 11 is 0. The summed E-state index contributed by atoms with van der Waals surface area (Å²) in [7, 11) is 1.86. The lowest BCUT2D eigenvalue weighted by Crippen LogP contribution is -2.51. The van der Waals surface area contributed by atoms with Gasteiger partial charge in [0.15, 0.2) is 11.2 Å². The predicted octanol–water partition coefficient (Wildman–Crippen LogP) is 3.95. The van der Waals surface area contributed by atoms with Crippen molar-refractivity contribution in [2.75, 3.05) is 13.2 Å². The molecular formula is C22H22FN5O2. The quantitative estimate of drug-likeness (QED) is 0.554. The first kappa shape index (κ1) is 18.7. The van der Waals surface area contributed by atoms with Crippen molar-refractivity contribution in [1.82, 2.24) is 24.7 Å². The maximum Gasteiger partial charge on any atom is 0.178 e. The molecule has 1 saturated heterocycles. The van der Waals surface area contributed by atoms with Gasteiger partial charge in [-0.3, -0.25) is 4.68 Å². The standard InChI is InChI=1S/C22H22FN5O2/c1-12-18(13(2)28(4)27-12)17-8-14(30-22(3)9-29-10-22)7-16(19(17)23)15-5-6-24-21-20(15)25-11-26-21/h5-8,11H,9-10H2,1-4H3,(H,24,25,26). The molecule has 0 saturated carbocycles. The van der Waals surface area contributed by atoms with Gasteiger partial charge in [0.2, 0.25) is 0 Å². The number of aromatic nitrogens is 5. The van der Waals surface area contributed by atoms with Gasteiger partial charge in [0.1, 0.15) is 11.6 Å². The maximum atomic E-state index is 16.0. The number of ether oxygens (including phenoxy) is 2. The third-order valence-electron chi connectivity index (χ3n) is 5.62. The Bertz CT molecular complexity index is 1270. The Morgan fingerprint density at radius 2 is 1.93 bits per heavy atom. The van der Waals surface area contributed by atoms with E-state index >= 15 is 4.39 Å². The van der Waals surface area contributed by atoms with Crippen molar-refractivity contribution in [2.24, 2.45) is 7.05 Å². The highest BCUT2D eigenvalue weighted by Crippen LogP contribution is 2.40. The number of halogens is 1. The molecule has 0 aliphatic carbocycles. The molecule has 1 aliphatic rings. The third kappa shape index (κ3) is 2.87. The Morgan fingerprint density at radius 1 is 1.17 bits per heavy atom. The van der Waals surface area contributed by atoms with Crippen LogP contribution in [0, 0.1) is 19.7 Å². The van der Waals surface area contributed by atoms with Crippen LogP contribution in [0.4, 0.5) is 4.39 Å². The highest BCUT2D eigenvalue weighted by molar-refractivity contribution is 5.91. The highest BCUT2D eigenvalue weighted by atomic mass is 19.1. The average molecular weight is 407 g/mol. The van der Waals surface area contributed by atoms with E-state index in [-0.39, 0.29) is 5.82 Å². The van der Waals surface area contributed by atoms with Crippen LogP contribution in [0.15, 0.2) is 30.7 Å². The maximum absolute atomic E-state index is 16.0. The summed E-state index contributed by atoms with van der Waals surface area (Å²) in [6.45, 7) is 6.80. The lowest BCUT2D eigenvalue weighted by molar-refractivity contribution is -0.149. The van der Waals surface area contributed by atoms with Crippen LogP contribution < -0.4 is 4.74 Å². The van der Waals surface area contributed by atoms with Crippen LogP contribution in [-0.2, 0) is 11.8 Å². The molecule has 30 heavy (non-hydrogen) atoms. The van der Waals surface area contributed by atoms with E-state index in [1.165, 1.54) is 0 Å². The SMILES string of the molecule is Cc1nn(C)c(C)c1-c1cc(OC2(C)COC2)cc(-c2ccnc3nc[nH]c23)c1F. The number of rotatable bonds is 4. The second kappa shape index (κ2) is 6.63. The fourth-order valence-electron chi connectivity index (χ4n) is 4.00. The van der Waals surface area contributed by atoms with E-state index in [0.29, 0.717) is 46.8 Å². The Kier molecular flexibility index (Phi) is 4.14. The molecule has 7 nitrogen and oxygen atoms in total. The van der Waals surface area contributed by atoms with Gasteiger partial charge in [-0.2, -0.15) is 5.10 Å². The number of fused-ring (bicyclic) bond motifs is 1. The number of pyridine rings is 1. The number of benzene rings is 1. The molecule has 0 amide bonds. The molecule has 1 N–H and O–H groups in total. The van der Waals surface area contributed by atoms with Crippen molar-refractivity contribution in [1.29, 1.82) is 0 Å². The van der Waals surface area contributed by atoms with Gasteiger partial charge in [-0.15, -0.1) is 0 Å². The van der Waals surface area contributed by atoms with E-state index < -0.39 is 5.60 Å². The minimum absolute atomic E-state index is 0.335. The number of aromatic amines is 1. The number of hydrogen-bond donors (Lipinski definition) is 1. The summed E-state index contributed by atoms with van der Waals surface area (Å²) in [4.78, 5) is 11.5. The van der Waals surface area contributed by atoms with E-state index in [1.54, 1.807) is 35.4 Å². The fourth-order valence-corrected chi connectivity index (χ4v) is 4.00. The summed E-state index contributed by atoms with van der Waals surface area (Å²) in [5, 5.41) is 4.47. The molecule has 1 aliphatic heterocycles. The molecule has 0 atom stereocenters. The van der Waals surface area contributed by atoms with Gasteiger partial charge in [0.05, 0.1) is 30.8 Å². The molecule has 0 spiro atoms. The van der Waals surface area contributed by atoms with Crippen LogP contribution >= 0.6 is 0 Å². The first-order valence-corrected chi connectivity index (χ1v) is 9.76. The van der Waals surface area contributed by atoms with Crippen molar-refractivity contribution >= 4 is 11.2 Å². The van der Waals surface area contributed by atoms with Crippen LogP contribution in [0.25, 0.3) is 33.4 Å². The van der Waals surface area contributed by atoms with E-state index in [4.69, 9.17) is 9.47 Å². The number of nitrogens with zero attached hydrogens (tertiary/aromatic N) is 4. The molecule has 0 unspecified atom stereocenters. The number of imidazole rings is 1. The highest BCUT2D eigenvalue weighted by Gasteiger charge is 2.36. The van der Waals surface area contributed by atoms with Crippen molar-refractivity contribution in [3.63, 3.8) is 0 Å². The first-order chi connectivity index (χ1) is 14.4. The number of hydrogen-bond acceptors (Lipinski definition) is 5. The van der Waals surface area contributed by atoms with Gasteiger partial charge in [-0.25, -0.2) is 14.4 Å². The van der Waals surface area contributed by atoms with Gasteiger partial charge in [-0.1, -0.05) is 0 Å². The van der Waals surface area contributed by atoms with E-state index in [9.17, 15) is 0 Å². The Morgan fingerprint density at radius 3 is 2.60 bits per heavy atom. The van der Waals surface area contributed by atoms with Crippen LogP contribution in [-0.4, -0.2) is 43.5 Å². The number of H-pyrrole nitrogens is 1. The topological polar surface area (TPSA) is 77.8 Å². The molecule has 4 heterocycles. The lowest BCUT2D eigenvalue weighted by atomic mass is 9.96. The smallest absolute Gasteiger partial charge is 0.178 e. The van der Waals surface area contributed by atoms with Gasteiger partial charge in [0, 0.05) is 41.2 Å². The monoisotopic (exact) mass is 407 g/mol. The number of aryl methyl sites for hydroxylation is 2. The molecule has 3 aromatic heterocycles. The first-order valence-electron chi connectivity index (χ1n) is 9.76. The van der Waals surface area contributed by atoms with Gasteiger partial charge in [0.25, 0.3) is 0 Å². The largest absolute Gasteiger partial charge is 0.483 e. The minimum atomic E-state index is -0.424. The minimum Gasteiger partial charge on any atom is -0.483 e. The second-order valence-corrected chi connectivity index (χ2v) is 8.01. The van der Waals surface area contributed by atoms with Crippen molar-refractivity contribution < 1.29 is 13.9 Å². The zero-order chi connectivity index (χ0) is 21.0. The molecule has 0 radical (unpaired) electrons. The Hall–Kier alpha value is -3.26. The third-order valence-corrected chi connectivity index (χ3v) is 5.62. The summed E-state index contributed by atoms with van der Waals surface area (Å²) in [5.41, 5.74) is 4.76. The van der Waals surface area contributed by atoms with Crippen LogP contribution in [0.2, 0.25) is 0 Å². The molecule has 0 bridgehead atoms. The number of nitrogens with one attached hydrogen (secondary N) is 1. The summed E-state index contributed by atoms with van der Waals surface area (Å²) in [6.07, 6.45) is 3.19. The van der Waals surface area contributed by atoms with Crippen LogP contribution in [0.3, 0.4) is 0 Å². The van der Waals surface area contributed by atoms with Gasteiger partial charge >= 0.3 is 0 Å². The summed E-state index contributed by atoms with van der Waals surface area (Å²) < 4.78 is 29.3. The molecule has 8 heteroatoms. The molecule has 154 valence electrons. The Balaban J connectivity index is 1.76. The van der Waals surface area contributed by atoms with Gasteiger partial charge in [-0.05, 0) is 39.0 Å². The van der Waals surface area contributed by atoms with Gasteiger partial charge < -0.3 is 14.5 Å². The molecule has 1 aromatic carbocycles. The van der Waals surface area contributed by atoms with Crippen LogP contribution in [0.1, 0.15) is 18.3 Å². The van der Waals surface area contributed by atoms with Crippen molar-refractivity contribution in [3.8, 4) is 28.0 Å². The molecule has 1 fully saturated rings. The zero-order valence-corrected chi connectivity index (χ0v) is 17.3. The fraction of sp³-hybridized carbons (Fsp3) is 0.318. The molecule has 4 aromatic rings. The molecule has 5 rings (SSSR count). The second-order valence-electron chi connectivity index (χ2n) is 8.01.